The van der Waals surface area contributed by atoms with Crippen molar-refractivity contribution in [3.05, 3.63) is 46.8 Å². The van der Waals surface area contributed by atoms with Gasteiger partial charge >= 0.3 is 0 Å². The maximum Gasteiger partial charge on any atom is 0.126 e. The van der Waals surface area contributed by atoms with E-state index in [1.54, 1.807) is 11.6 Å². The molecule has 0 N–H and O–H groups in total. The van der Waals surface area contributed by atoms with Gasteiger partial charge in [-0.25, -0.2) is 4.39 Å². The van der Waals surface area contributed by atoms with Crippen molar-refractivity contribution in [1.29, 1.82) is 0 Å². The van der Waals surface area contributed by atoms with Crippen molar-refractivity contribution in [2.24, 2.45) is 0 Å². The number of benzene rings is 1. The maximum atomic E-state index is 12.9. The molecule has 14 heavy (non-hydrogen) atoms. The van der Waals surface area contributed by atoms with Gasteiger partial charge in [-0.15, -0.1) is 0 Å². The third-order valence-corrected chi connectivity index (χ3v) is 2.63. The van der Waals surface area contributed by atoms with E-state index in [2.05, 4.69) is 6.08 Å². The summed E-state index contributed by atoms with van der Waals surface area (Å²) in [4.78, 5) is 0. The molecular formula is C13H15F. The van der Waals surface area contributed by atoms with Crippen LogP contribution in [0.1, 0.15) is 30.4 Å². The normalized spacial score (nSPS) is 14.3. The van der Waals surface area contributed by atoms with Crippen LogP contribution in [-0.2, 0) is 6.42 Å². The summed E-state index contributed by atoms with van der Waals surface area (Å²) in [5.74, 6) is -0.103. The lowest BCUT2D eigenvalue weighted by molar-refractivity contribution is 0.617. The highest BCUT2D eigenvalue weighted by atomic mass is 19.1. The van der Waals surface area contributed by atoms with E-state index < -0.39 is 0 Å². The van der Waals surface area contributed by atoms with Gasteiger partial charge in [0.2, 0.25) is 0 Å². The second-order valence-electron chi connectivity index (χ2n) is 3.98. The van der Waals surface area contributed by atoms with Crippen LogP contribution in [0.15, 0.2) is 29.8 Å². The number of hydrogen-bond donors (Lipinski definition) is 0. The van der Waals surface area contributed by atoms with Gasteiger partial charge in [0.1, 0.15) is 5.82 Å². The van der Waals surface area contributed by atoms with Crippen LogP contribution in [0.2, 0.25) is 0 Å². The van der Waals surface area contributed by atoms with Crippen LogP contribution < -0.4 is 0 Å². The maximum absolute atomic E-state index is 12.9. The van der Waals surface area contributed by atoms with E-state index in [1.807, 2.05) is 19.1 Å². The van der Waals surface area contributed by atoms with Crippen LogP contribution in [0.4, 0.5) is 4.39 Å². The van der Waals surface area contributed by atoms with E-state index in [1.165, 1.54) is 18.4 Å². The van der Waals surface area contributed by atoms with Crippen molar-refractivity contribution >= 4 is 0 Å². The molecule has 0 aromatic heterocycles. The van der Waals surface area contributed by atoms with E-state index >= 15 is 0 Å². The van der Waals surface area contributed by atoms with Gasteiger partial charge in [-0.05, 0) is 49.8 Å². The third kappa shape index (κ3) is 2.44. The molecule has 0 heterocycles. The van der Waals surface area contributed by atoms with Gasteiger partial charge in [-0.1, -0.05) is 23.8 Å². The molecule has 1 aromatic rings. The molecule has 0 radical (unpaired) electrons. The molecule has 1 aliphatic carbocycles. The Labute approximate surface area is 84.5 Å². The molecule has 0 atom stereocenters. The summed E-state index contributed by atoms with van der Waals surface area (Å²) in [5, 5.41) is 0. The Morgan fingerprint density at radius 2 is 2.14 bits per heavy atom. The van der Waals surface area contributed by atoms with E-state index in [4.69, 9.17) is 0 Å². The van der Waals surface area contributed by atoms with E-state index in [0.717, 1.165) is 18.4 Å². The van der Waals surface area contributed by atoms with Gasteiger partial charge in [-0.2, -0.15) is 0 Å². The molecule has 1 heteroatoms. The molecule has 1 aliphatic rings. The van der Waals surface area contributed by atoms with Crippen LogP contribution in [0.5, 0.6) is 0 Å². The fraction of sp³-hybridized carbons (Fsp3) is 0.385. The summed E-state index contributed by atoms with van der Waals surface area (Å²) in [6.07, 6.45) is 7.04. The Bertz CT molecular complexity index is 357. The number of halogens is 1. The molecule has 1 aromatic carbocycles. The molecule has 2 rings (SSSR count). The minimum absolute atomic E-state index is 0.103. The molecular weight excluding hydrogens is 175 g/mol. The topological polar surface area (TPSA) is 0 Å². The lowest BCUT2D eigenvalue weighted by Gasteiger charge is -2.01. The summed E-state index contributed by atoms with van der Waals surface area (Å²) in [6, 6.07) is 5.39. The number of hydrogen-bond acceptors (Lipinski definition) is 0. The molecule has 0 saturated heterocycles. The molecule has 0 bridgehead atoms. The highest BCUT2D eigenvalue weighted by Gasteiger charge is 2.09. The molecule has 0 spiro atoms. The lowest BCUT2D eigenvalue weighted by Crippen LogP contribution is -1.87. The van der Waals surface area contributed by atoms with E-state index in [-0.39, 0.29) is 5.82 Å². The first-order valence-electron chi connectivity index (χ1n) is 5.18. The predicted octanol–water partition coefficient (Wildman–Crippen LogP) is 3.79. The highest BCUT2D eigenvalue weighted by molar-refractivity contribution is 5.25. The predicted molar refractivity (Wildman–Crippen MR) is 56.8 cm³/mol. The van der Waals surface area contributed by atoms with Crippen molar-refractivity contribution in [2.45, 2.75) is 32.6 Å². The van der Waals surface area contributed by atoms with Gasteiger partial charge in [0.25, 0.3) is 0 Å². The summed E-state index contributed by atoms with van der Waals surface area (Å²) in [6.45, 7) is 1.82. The monoisotopic (exact) mass is 190 g/mol. The van der Waals surface area contributed by atoms with Crippen LogP contribution in [0.25, 0.3) is 0 Å². The standard InChI is InChI=1S/C13H15F/c1-10-9-12(7-8-13(10)14)4-2-3-11-5-6-11/h3,7-9H,2,4-6H2,1H3. The second-order valence-corrected chi connectivity index (χ2v) is 3.98. The van der Waals surface area contributed by atoms with Crippen molar-refractivity contribution < 1.29 is 4.39 Å². The molecule has 74 valence electrons. The summed E-state index contributed by atoms with van der Waals surface area (Å²) < 4.78 is 12.9. The number of rotatable bonds is 3. The molecule has 0 unspecified atom stereocenters. The van der Waals surface area contributed by atoms with Crippen molar-refractivity contribution in [1.82, 2.24) is 0 Å². The zero-order valence-corrected chi connectivity index (χ0v) is 8.52. The Morgan fingerprint density at radius 1 is 1.36 bits per heavy atom. The Hall–Kier alpha value is -1.11. The second kappa shape index (κ2) is 3.95. The van der Waals surface area contributed by atoms with Crippen molar-refractivity contribution in [3.8, 4) is 0 Å². The zero-order chi connectivity index (χ0) is 9.97. The summed E-state index contributed by atoms with van der Waals surface area (Å²) in [5.41, 5.74) is 3.58. The summed E-state index contributed by atoms with van der Waals surface area (Å²) >= 11 is 0. The highest BCUT2D eigenvalue weighted by Crippen LogP contribution is 2.28. The van der Waals surface area contributed by atoms with Gasteiger partial charge in [-0.3, -0.25) is 0 Å². The summed E-state index contributed by atoms with van der Waals surface area (Å²) in [7, 11) is 0. The third-order valence-electron chi connectivity index (χ3n) is 2.63. The fourth-order valence-electron chi connectivity index (χ4n) is 1.58. The van der Waals surface area contributed by atoms with Gasteiger partial charge in [0, 0.05) is 0 Å². The minimum Gasteiger partial charge on any atom is -0.207 e. The fourth-order valence-corrected chi connectivity index (χ4v) is 1.58. The largest absolute Gasteiger partial charge is 0.207 e. The lowest BCUT2D eigenvalue weighted by atomic mass is 10.1. The van der Waals surface area contributed by atoms with Gasteiger partial charge < -0.3 is 0 Å². The zero-order valence-electron chi connectivity index (χ0n) is 8.52. The average molecular weight is 190 g/mol. The van der Waals surface area contributed by atoms with Crippen molar-refractivity contribution in [3.63, 3.8) is 0 Å². The van der Waals surface area contributed by atoms with Crippen LogP contribution in [0.3, 0.4) is 0 Å². The number of aryl methyl sites for hydroxylation is 2. The molecule has 0 nitrogen and oxygen atoms in total. The molecule has 1 saturated carbocycles. The first-order valence-corrected chi connectivity index (χ1v) is 5.18. The molecule has 0 aliphatic heterocycles. The first kappa shape index (κ1) is 9.45. The van der Waals surface area contributed by atoms with E-state index in [0.29, 0.717) is 0 Å². The Kier molecular flexibility index (Phi) is 2.67. The van der Waals surface area contributed by atoms with Gasteiger partial charge in [0.15, 0.2) is 0 Å². The first-order chi connectivity index (χ1) is 6.75. The smallest absolute Gasteiger partial charge is 0.126 e. The SMILES string of the molecule is Cc1cc(CCC=C2CC2)ccc1F. The van der Waals surface area contributed by atoms with Crippen molar-refractivity contribution in [2.75, 3.05) is 0 Å². The van der Waals surface area contributed by atoms with E-state index in [9.17, 15) is 4.39 Å². The Morgan fingerprint density at radius 3 is 2.79 bits per heavy atom. The van der Waals surface area contributed by atoms with Crippen LogP contribution in [-0.4, -0.2) is 0 Å². The molecule has 0 amide bonds. The quantitative estimate of drug-likeness (QED) is 0.636. The average Bonchev–Trinajstić information content (AvgIpc) is 2.95. The Balaban J connectivity index is 1.95. The molecule has 1 fully saturated rings. The number of allylic oxidation sites excluding steroid dienone is 2. The minimum atomic E-state index is -0.103. The van der Waals surface area contributed by atoms with Gasteiger partial charge in [0.05, 0.1) is 0 Å². The van der Waals surface area contributed by atoms with Crippen LogP contribution in [0, 0.1) is 12.7 Å². The van der Waals surface area contributed by atoms with Crippen LogP contribution >= 0.6 is 0 Å².